The maximum Gasteiger partial charge on any atom is 0.269 e. The normalized spacial score (nSPS) is 17.4. The number of fused-ring (bicyclic) bond motifs is 1. The molecule has 2 aliphatic heterocycles. The molecule has 4 rings (SSSR count). The van der Waals surface area contributed by atoms with E-state index in [4.69, 9.17) is 9.47 Å². The number of nitrogens with zero attached hydrogens (tertiary/aromatic N) is 2. The molecule has 2 heterocycles. The maximum atomic E-state index is 13.1. The predicted molar refractivity (Wildman–Crippen MR) is 113 cm³/mol. The Morgan fingerprint density at radius 2 is 1.68 bits per heavy atom. The van der Waals surface area contributed by atoms with Gasteiger partial charge >= 0.3 is 0 Å². The lowest BCUT2D eigenvalue weighted by Crippen LogP contribution is -2.35. The highest BCUT2D eigenvalue weighted by Crippen LogP contribution is 2.39. The van der Waals surface area contributed by atoms with Gasteiger partial charge in [0.15, 0.2) is 11.5 Å². The molecule has 1 fully saturated rings. The van der Waals surface area contributed by atoms with Crippen LogP contribution in [-0.2, 0) is 16.6 Å². The van der Waals surface area contributed by atoms with Gasteiger partial charge < -0.3 is 14.4 Å². The van der Waals surface area contributed by atoms with Gasteiger partial charge in [-0.15, -0.1) is 0 Å². The van der Waals surface area contributed by atoms with E-state index in [1.54, 1.807) is 24.3 Å². The predicted octanol–water partition coefficient (Wildman–Crippen LogP) is 2.67. The number of piperidine rings is 1. The number of benzene rings is 2. The molecule has 2 aromatic carbocycles. The molecule has 0 unspecified atom stereocenters. The van der Waals surface area contributed by atoms with Crippen LogP contribution in [0.1, 0.15) is 45.5 Å². The Hall–Kier alpha value is -3.07. The average Bonchev–Trinajstić information content (AvgIpc) is 2.98. The van der Waals surface area contributed by atoms with E-state index in [9.17, 15) is 18.0 Å². The monoisotopic (exact) mass is 444 g/mol. The summed E-state index contributed by atoms with van der Waals surface area (Å²) in [5.41, 5.74) is 1.09. The second-order valence-corrected chi connectivity index (χ2v) is 9.40. The van der Waals surface area contributed by atoms with Gasteiger partial charge in [-0.2, -0.15) is 0 Å². The third kappa shape index (κ3) is 3.74. The molecule has 2 amide bonds. The minimum atomic E-state index is -4.05. The van der Waals surface area contributed by atoms with Crippen LogP contribution in [0, 0.1) is 0 Å². The van der Waals surface area contributed by atoms with Gasteiger partial charge in [-0.3, -0.25) is 9.59 Å². The minimum absolute atomic E-state index is 0.0400. The van der Waals surface area contributed by atoms with E-state index in [-0.39, 0.29) is 34.4 Å². The molecule has 0 N–H and O–H groups in total. The lowest BCUT2D eigenvalue weighted by molar-refractivity contribution is 0.0724. The maximum absolute atomic E-state index is 13.1. The highest BCUT2D eigenvalue weighted by atomic mass is 32.2. The van der Waals surface area contributed by atoms with Gasteiger partial charge in [-0.1, -0.05) is 12.1 Å². The van der Waals surface area contributed by atoms with Gasteiger partial charge in [-0.25, -0.2) is 12.7 Å². The topological polar surface area (TPSA) is 93.2 Å². The molecule has 0 aromatic heterocycles. The molecule has 31 heavy (non-hydrogen) atoms. The Kier molecular flexibility index (Phi) is 5.62. The van der Waals surface area contributed by atoms with Crippen LogP contribution in [0.15, 0.2) is 41.3 Å². The molecular weight excluding hydrogens is 420 g/mol. The zero-order chi connectivity index (χ0) is 22.2. The van der Waals surface area contributed by atoms with E-state index in [1.165, 1.54) is 26.4 Å². The number of hydrogen-bond acceptors (Lipinski definition) is 6. The lowest BCUT2D eigenvalue weighted by Gasteiger charge is -2.27. The Morgan fingerprint density at radius 1 is 1.00 bits per heavy atom. The highest BCUT2D eigenvalue weighted by molar-refractivity contribution is 7.90. The fraction of sp³-hybridized carbons (Fsp3) is 0.364. The summed E-state index contributed by atoms with van der Waals surface area (Å²) in [4.78, 5) is 27.4. The molecule has 0 saturated carbocycles. The first-order valence-electron chi connectivity index (χ1n) is 10.1. The Balaban J connectivity index is 1.62. The largest absolute Gasteiger partial charge is 0.493 e. The van der Waals surface area contributed by atoms with Crippen molar-refractivity contribution in [2.75, 3.05) is 27.3 Å². The lowest BCUT2D eigenvalue weighted by atomic mass is 10.1. The first-order valence-corrected chi connectivity index (χ1v) is 11.5. The quantitative estimate of drug-likeness (QED) is 0.704. The summed E-state index contributed by atoms with van der Waals surface area (Å²) in [6, 6.07) is 9.47. The first-order chi connectivity index (χ1) is 14.9. The van der Waals surface area contributed by atoms with E-state index in [0.29, 0.717) is 11.1 Å². The molecule has 9 heteroatoms. The van der Waals surface area contributed by atoms with Gasteiger partial charge in [0.1, 0.15) is 4.90 Å². The van der Waals surface area contributed by atoms with Crippen molar-refractivity contribution in [2.24, 2.45) is 0 Å². The van der Waals surface area contributed by atoms with E-state index >= 15 is 0 Å². The van der Waals surface area contributed by atoms with Crippen molar-refractivity contribution in [2.45, 2.75) is 30.7 Å². The van der Waals surface area contributed by atoms with Crippen molar-refractivity contribution in [3.8, 4) is 11.5 Å². The molecule has 0 bridgehead atoms. The summed E-state index contributed by atoms with van der Waals surface area (Å²) in [6.07, 6.45) is 3.09. The van der Waals surface area contributed by atoms with Crippen LogP contribution in [0.5, 0.6) is 11.5 Å². The van der Waals surface area contributed by atoms with Crippen molar-refractivity contribution in [1.82, 2.24) is 9.21 Å². The summed E-state index contributed by atoms with van der Waals surface area (Å²) in [5.74, 6) is -0.201. The molecule has 0 aliphatic carbocycles. The fourth-order valence-electron chi connectivity index (χ4n) is 4.01. The summed E-state index contributed by atoms with van der Waals surface area (Å²) < 4.78 is 37.3. The number of amides is 2. The smallest absolute Gasteiger partial charge is 0.269 e. The number of carbonyl (C=O) groups excluding carboxylic acids is 2. The highest BCUT2D eigenvalue weighted by Gasteiger charge is 2.42. The van der Waals surface area contributed by atoms with E-state index < -0.39 is 15.9 Å². The van der Waals surface area contributed by atoms with Crippen molar-refractivity contribution in [3.05, 3.63) is 53.1 Å². The first kappa shape index (κ1) is 21.2. The standard InChI is InChI=1S/C22H24N2O6S/c1-29-18-12-17-20(13-19(18)30-2)31(27,28)24(22(17)26)14-15-7-6-8-16(11-15)21(25)23-9-4-3-5-10-23/h6-8,11-13H,3-5,9-10,14H2,1-2H3. The van der Waals surface area contributed by atoms with Crippen LogP contribution in [0.3, 0.4) is 0 Å². The SMILES string of the molecule is COc1cc2c(cc1OC)S(=O)(=O)N(Cc1cccc(C(=O)N3CCCCC3)c1)C2=O. The zero-order valence-electron chi connectivity index (χ0n) is 17.5. The van der Waals surface area contributed by atoms with Crippen molar-refractivity contribution in [3.63, 3.8) is 0 Å². The average molecular weight is 445 g/mol. The van der Waals surface area contributed by atoms with Crippen LogP contribution in [0.2, 0.25) is 0 Å². The van der Waals surface area contributed by atoms with Gasteiger partial charge in [0.05, 0.1) is 26.3 Å². The minimum Gasteiger partial charge on any atom is -0.493 e. The molecule has 2 aromatic rings. The van der Waals surface area contributed by atoms with Crippen LogP contribution >= 0.6 is 0 Å². The zero-order valence-corrected chi connectivity index (χ0v) is 18.3. The third-order valence-electron chi connectivity index (χ3n) is 5.65. The molecule has 0 spiro atoms. The Bertz CT molecular complexity index is 1140. The fourth-order valence-corrected chi connectivity index (χ4v) is 5.56. The summed E-state index contributed by atoms with van der Waals surface area (Å²) in [5, 5.41) is 0. The number of sulfonamides is 1. The van der Waals surface area contributed by atoms with Gasteiger partial charge in [0.2, 0.25) is 0 Å². The number of ether oxygens (including phenoxy) is 2. The van der Waals surface area contributed by atoms with Crippen LogP contribution in [-0.4, -0.2) is 56.7 Å². The molecular formula is C22H24N2O6S. The number of methoxy groups -OCH3 is 2. The number of rotatable bonds is 5. The number of carbonyl (C=O) groups is 2. The summed E-state index contributed by atoms with van der Waals surface area (Å²) in [7, 11) is -1.24. The van der Waals surface area contributed by atoms with Crippen molar-refractivity contribution >= 4 is 21.8 Å². The van der Waals surface area contributed by atoms with E-state index in [2.05, 4.69) is 0 Å². The Labute approximate surface area is 181 Å². The van der Waals surface area contributed by atoms with Crippen molar-refractivity contribution < 1.29 is 27.5 Å². The second-order valence-electron chi connectivity index (χ2n) is 7.57. The molecule has 0 radical (unpaired) electrons. The molecule has 0 atom stereocenters. The second kappa shape index (κ2) is 8.22. The number of hydrogen-bond donors (Lipinski definition) is 0. The Morgan fingerprint density at radius 3 is 2.35 bits per heavy atom. The van der Waals surface area contributed by atoms with Gasteiger partial charge in [-0.05, 0) is 43.0 Å². The van der Waals surface area contributed by atoms with Crippen LogP contribution in [0.25, 0.3) is 0 Å². The molecule has 1 saturated heterocycles. The van der Waals surface area contributed by atoms with Crippen molar-refractivity contribution in [1.29, 1.82) is 0 Å². The summed E-state index contributed by atoms with van der Waals surface area (Å²) >= 11 is 0. The van der Waals surface area contributed by atoms with E-state index in [1.807, 2.05) is 4.90 Å². The number of likely N-dealkylation sites (tertiary alicyclic amines) is 1. The van der Waals surface area contributed by atoms with Crippen LogP contribution < -0.4 is 9.47 Å². The van der Waals surface area contributed by atoms with E-state index in [0.717, 1.165) is 36.7 Å². The van der Waals surface area contributed by atoms with Crippen LogP contribution in [0.4, 0.5) is 0 Å². The van der Waals surface area contributed by atoms with Gasteiger partial charge in [0.25, 0.3) is 21.8 Å². The molecule has 2 aliphatic rings. The summed E-state index contributed by atoms with van der Waals surface area (Å²) in [6.45, 7) is 1.28. The molecule has 8 nitrogen and oxygen atoms in total. The van der Waals surface area contributed by atoms with Gasteiger partial charge in [0, 0.05) is 24.7 Å². The molecule has 164 valence electrons. The third-order valence-corrected chi connectivity index (χ3v) is 7.42.